The Morgan fingerprint density at radius 2 is 2.06 bits per heavy atom. The van der Waals surface area contributed by atoms with E-state index in [4.69, 9.17) is 0 Å². The van der Waals surface area contributed by atoms with Crippen LogP contribution in [0.2, 0.25) is 0 Å². The predicted octanol–water partition coefficient (Wildman–Crippen LogP) is -0.902. The van der Waals surface area contributed by atoms with Crippen LogP contribution in [0.15, 0.2) is 23.4 Å². The number of amides is 2. The van der Waals surface area contributed by atoms with E-state index in [0.29, 0.717) is 0 Å². The highest BCUT2D eigenvalue weighted by molar-refractivity contribution is 7.89. The molecule has 3 heterocycles. The number of hydrogen-bond acceptors (Lipinski definition) is 4. The first-order valence-electron chi connectivity index (χ1n) is 5.45. The maximum atomic E-state index is 12.0. The number of H-pyrrole nitrogens is 1. The van der Waals surface area contributed by atoms with Crippen LogP contribution in [0.25, 0.3) is 0 Å². The zero-order valence-corrected chi connectivity index (χ0v) is 10.1. The lowest BCUT2D eigenvalue weighted by atomic mass is 9.65. The number of nitrogens with one attached hydrogen (secondary N) is 3. The van der Waals surface area contributed by atoms with Crippen LogP contribution >= 0.6 is 0 Å². The van der Waals surface area contributed by atoms with Gasteiger partial charge in [-0.3, -0.25) is 14.9 Å². The summed E-state index contributed by atoms with van der Waals surface area (Å²) in [6.45, 7) is 0. The molecule has 4 rings (SSSR count). The molecule has 7 nitrogen and oxygen atoms in total. The molecule has 1 aliphatic carbocycles. The smallest absolute Gasteiger partial charge is 0.247 e. The summed E-state index contributed by atoms with van der Waals surface area (Å²) in [5.41, 5.74) is -1.16. The molecule has 0 spiro atoms. The summed E-state index contributed by atoms with van der Waals surface area (Å²) in [7, 11) is -3.74. The summed E-state index contributed by atoms with van der Waals surface area (Å²) < 4.78 is 26.4. The van der Waals surface area contributed by atoms with E-state index in [1.807, 2.05) is 0 Å². The van der Waals surface area contributed by atoms with Crippen LogP contribution in [-0.4, -0.2) is 30.8 Å². The van der Waals surface area contributed by atoms with Crippen LogP contribution in [0.5, 0.6) is 0 Å². The average molecular weight is 269 g/mol. The summed E-state index contributed by atoms with van der Waals surface area (Å²) in [6.07, 6.45) is 3.30. The number of aromatic amines is 1. The summed E-state index contributed by atoms with van der Waals surface area (Å²) in [4.78, 5) is 25.7. The fraction of sp³-hybridized carbons (Fsp3) is 0.400. The van der Waals surface area contributed by atoms with Crippen molar-refractivity contribution >= 4 is 21.8 Å². The quantitative estimate of drug-likeness (QED) is 0.618. The molecule has 2 saturated heterocycles. The molecular formula is C10H11N3O4S. The molecule has 2 aliphatic heterocycles. The Labute approximate surface area is 103 Å². The van der Waals surface area contributed by atoms with E-state index in [1.54, 1.807) is 0 Å². The van der Waals surface area contributed by atoms with Crippen molar-refractivity contribution in [1.29, 1.82) is 0 Å². The molecule has 0 atom stereocenters. The van der Waals surface area contributed by atoms with Crippen LogP contribution in [-0.2, 0) is 19.6 Å². The standard InChI is InChI=1S/C10H11N3O4S/c14-8-6-3-10(4-6,9(15)12-8)13-18(16,17)7-1-2-11-5-7/h1-2,5-6,11,13H,3-4H2,(H,12,14,15). The highest BCUT2D eigenvalue weighted by atomic mass is 32.2. The van der Waals surface area contributed by atoms with Crippen molar-refractivity contribution in [1.82, 2.24) is 15.0 Å². The monoisotopic (exact) mass is 269 g/mol. The zero-order valence-electron chi connectivity index (χ0n) is 9.26. The Morgan fingerprint density at radius 3 is 2.61 bits per heavy atom. The second-order valence-corrected chi connectivity index (χ2v) is 6.34. The van der Waals surface area contributed by atoms with Gasteiger partial charge < -0.3 is 4.98 Å². The van der Waals surface area contributed by atoms with Crippen molar-refractivity contribution in [3.63, 3.8) is 0 Å². The minimum absolute atomic E-state index is 0.0741. The molecular weight excluding hydrogens is 258 g/mol. The Bertz CT molecular complexity index is 614. The number of sulfonamides is 1. The average Bonchev–Trinajstić information content (AvgIpc) is 2.73. The van der Waals surface area contributed by atoms with Gasteiger partial charge in [-0.15, -0.1) is 0 Å². The normalized spacial score (nSPS) is 30.8. The molecule has 3 fully saturated rings. The lowest BCUT2D eigenvalue weighted by molar-refractivity contribution is -0.151. The van der Waals surface area contributed by atoms with Crippen molar-refractivity contribution in [2.24, 2.45) is 5.92 Å². The number of aromatic nitrogens is 1. The zero-order chi connectivity index (χ0) is 13.0. The Kier molecular flexibility index (Phi) is 2.17. The van der Waals surface area contributed by atoms with E-state index < -0.39 is 21.5 Å². The molecule has 0 unspecified atom stereocenters. The molecule has 2 amide bonds. The van der Waals surface area contributed by atoms with Crippen LogP contribution in [0.1, 0.15) is 12.8 Å². The molecule has 96 valence electrons. The van der Waals surface area contributed by atoms with Crippen molar-refractivity contribution in [3.05, 3.63) is 18.5 Å². The highest BCUT2D eigenvalue weighted by Gasteiger charge is 2.59. The molecule has 3 N–H and O–H groups in total. The third-order valence-corrected chi connectivity index (χ3v) is 4.98. The molecule has 1 aromatic heterocycles. The van der Waals surface area contributed by atoms with Crippen molar-refractivity contribution in [3.8, 4) is 0 Å². The minimum Gasteiger partial charge on any atom is -0.366 e. The van der Waals surface area contributed by atoms with Crippen molar-refractivity contribution < 1.29 is 18.0 Å². The first kappa shape index (κ1) is 11.4. The number of carbonyl (C=O) groups excluding carboxylic acids is 2. The van der Waals surface area contributed by atoms with Gasteiger partial charge in [-0.2, -0.15) is 4.72 Å². The SMILES string of the molecule is O=C1NC(=O)C2(NS(=O)(=O)c3cc[nH]c3)CC1C2. The topological polar surface area (TPSA) is 108 Å². The highest BCUT2D eigenvalue weighted by Crippen LogP contribution is 2.42. The molecule has 1 aromatic rings. The van der Waals surface area contributed by atoms with Gasteiger partial charge in [-0.25, -0.2) is 8.42 Å². The van der Waals surface area contributed by atoms with Gasteiger partial charge in [0.15, 0.2) is 0 Å². The maximum Gasteiger partial charge on any atom is 0.247 e. The Hall–Kier alpha value is -1.67. The van der Waals surface area contributed by atoms with E-state index in [2.05, 4.69) is 15.0 Å². The molecule has 3 aliphatic rings. The summed E-state index contributed by atoms with van der Waals surface area (Å²) >= 11 is 0. The Morgan fingerprint density at radius 1 is 1.33 bits per heavy atom. The van der Waals surface area contributed by atoms with Gasteiger partial charge in [0.2, 0.25) is 21.8 Å². The van der Waals surface area contributed by atoms with Crippen molar-refractivity contribution in [2.75, 3.05) is 0 Å². The molecule has 0 radical (unpaired) electrons. The summed E-state index contributed by atoms with van der Waals surface area (Å²) in [5.74, 6) is -1.14. The van der Waals surface area contributed by atoms with Gasteiger partial charge in [0.05, 0.1) is 4.90 Å². The molecule has 2 bridgehead atoms. The largest absolute Gasteiger partial charge is 0.366 e. The van der Waals surface area contributed by atoms with Crippen LogP contribution in [0.4, 0.5) is 0 Å². The third-order valence-electron chi connectivity index (χ3n) is 3.44. The number of fused-ring (bicyclic) bond motifs is 2. The predicted molar refractivity (Wildman–Crippen MR) is 59.7 cm³/mol. The minimum atomic E-state index is -3.74. The van der Waals surface area contributed by atoms with E-state index in [0.717, 1.165) is 0 Å². The summed E-state index contributed by atoms with van der Waals surface area (Å²) in [6, 6.07) is 1.40. The first-order chi connectivity index (χ1) is 8.43. The van der Waals surface area contributed by atoms with Crippen molar-refractivity contribution in [2.45, 2.75) is 23.3 Å². The van der Waals surface area contributed by atoms with E-state index in [1.165, 1.54) is 18.5 Å². The second kappa shape index (κ2) is 3.42. The lowest BCUT2D eigenvalue weighted by Crippen LogP contribution is -2.73. The lowest BCUT2D eigenvalue weighted by Gasteiger charge is -2.49. The Balaban J connectivity index is 1.87. The van der Waals surface area contributed by atoms with Gasteiger partial charge >= 0.3 is 0 Å². The number of hydrogen-bond donors (Lipinski definition) is 3. The number of carbonyl (C=O) groups is 2. The molecule has 8 heteroatoms. The first-order valence-corrected chi connectivity index (χ1v) is 6.93. The number of imide groups is 1. The molecule has 0 aromatic carbocycles. The molecule has 1 saturated carbocycles. The number of piperidine rings is 2. The maximum absolute atomic E-state index is 12.0. The van der Waals surface area contributed by atoms with Gasteiger partial charge in [-0.05, 0) is 18.9 Å². The van der Waals surface area contributed by atoms with E-state index >= 15 is 0 Å². The number of rotatable bonds is 3. The summed E-state index contributed by atoms with van der Waals surface area (Å²) in [5, 5.41) is 2.17. The van der Waals surface area contributed by atoms with Crippen LogP contribution < -0.4 is 10.0 Å². The van der Waals surface area contributed by atoms with Crippen LogP contribution in [0, 0.1) is 5.92 Å². The fourth-order valence-electron chi connectivity index (χ4n) is 2.41. The van der Waals surface area contributed by atoms with Gasteiger partial charge in [0.1, 0.15) is 5.54 Å². The fourth-order valence-corrected chi connectivity index (χ4v) is 3.77. The van der Waals surface area contributed by atoms with Gasteiger partial charge in [-0.1, -0.05) is 0 Å². The molecule has 18 heavy (non-hydrogen) atoms. The van der Waals surface area contributed by atoms with Crippen LogP contribution in [0.3, 0.4) is 0 Å². The van der Waals surface area contributed by atoms with Gasteiger partial charge in [0, 0.05) is 18.3 Å². The third kappa shape index (κ3) is 1.49. The van der Waals surface area contributed by atoms with E-state index in [9.17, 15) is 18.0 Å². The second-order valence-electron chi connectivity index (χ2n) is 4.66. The van der Waals surface area contributed by atoms with Gasteiger partial charge in [0.25, 0.3) is 0 Å². The van der Waals surface area contributed by atoms with E-state index in [-0.39, 0.29) is 29.6 Å².